The molecule has 5 nitrogen and oxygen atoms in total. The molecule has 3 aromatic rings. The Bertz CT molecular complexity index is 1250. The molecule has 1 fully saturated rings. The maximum Gasteiger partial charge on any atom is 0.300 e. The highest BCUT2D eigenvalue weighted by atomic mass is 79.9. The number of hydrogen-bond donors (Lipinski definition) is 2. The Balaban J connectivity index is 2.00. The van der Waals surface area contributed by atoms with Crippen molar-refractivity contribution in [1.82, 2.24) is 0 Å². The van der Waals surface area contributed by atoms with Crippen molar-refractivity contribution in [1.29, 1.82) is 0 Å². The first-order valence-corrected chi connectivity index (χ1v) is 10.2. The molecule has 1 aliphatic heterocycles. The molecule has 0 aromatic heterocycles. The standard InChI is InChI=1S/C24H17BrFNO4/c1-13-12-14(10-11-16(13)25)22(29)20-21(15-6-2-3-7-17(15)26)27(24(31)23(20)30)18-8-4-5-9-19(18)28/h2-12,21,28-29H,1H3/b22-20+. The number of para-hydroxylation sites is 2. The van der Waals surface area contributed by atoms with Crippen LogP contribution in [-0.4, -0.2) is 21.9 Å². The third kappa shape index (κ3) is 3.51. The third-order valence-electron chi connectivity index (χ3n) is 5.22. The van der Waals surface area contributed by atoms with Gasteiger partial charge in [-0.2, -0.15) is 0 Å². The number of ketones is 1. The molecule has 1 aliphatic rings. The first-order valence-electron chi connectivity index (χ1n) is 9.41. The summed E-state index contributed by atoms with van der Waals surface area (Å²) in [5.74, 6) is -3.24. The highest BCUT2D eigenvalue weighted by Gasteiger charge is 2.48. The summed E-state index contributed by atoms with van der Waals surface area (Å²) >= 11 is 3.39. The van der Waals surface area contributed by atoms with Gasteiger partial charge in [0.2, 0.25) is 0 Å². The van der Waals surface area contributed by atoms with Crippen LogP contribution in [0.2, 0.25) is 0 Å². The van der Waals surface area contributed by atoms with Crippen LogP contribution in [0.5, 0.6) is 5.75 Å². The van der Waals surface area contributed by atoms with E-state index in [4.69, 9.17) is 0 Å². The molecule has 4 rings (SSSR count). The van der Waals surface area contributed by atoms with Crippen molar-refractivity contribution in [2.75, 3.05) is 4.90 Å². The molecular formula is C24H17BrFNO4. The van der Waals surface area contributed by atoms with Crippen molar-refractivity contribution in [3.05, 3.63) is 99.3 Å². The Kier molecular flexibility index (Phi) is 5.37. The minimum absolute atomic E-state index is 0.0281. The summed E-state index contributed by atoms with van der Waals surface area (Å²) in [4.78, 5) is 27.1. The number of phenols is 1. The largest absolute Gasteiger partial charge is 0.507 e. The lowest BCUT2D eigenvalue weighted by molar-refractivity contribution is -0.132. The normalized spacial score (nSPS) is 17.9. The lowest BCUT2D eigenvalue weighted by Crippen LogP contribution is -2.29. The number of benzene rings is 3. The number of aliphatic hydroxyl groups is 1. The van der Waals surface area contributed by atoms with Gasteiger partial charge >= 0.3 is 0 Å². The second-order valence-corrected chi connectivity index (χ2v) is 8.00. The molecule has 0 aliphatic carbocycles. The minimum Gasteiger partial charge on any atom is -0.507 e. The number of aryl methyl sites for hydroxylation is 1. The molecule has 31 heavy (non-hydrogen) atoms. The van der Waals surface area contributed by atoms with E-state index in [1.54, 1.807) is 36.4 Å². The smallest absolute Gasteiger partial charge is 0.300 e. The average molecular weight is 482 g/mol. The number of carbonyl (C=O) groups is 2. The first kappa shape index (κ1) is 20.8. The number of aliphatic hydroxyl groups excluding tert-OH is 1. The fraction of sp³-hybridized carbons (Fsp3) is 0.0833. The van der Waals surface area contributed by atoms with Gasteiger partial charge in [-0.3, -0.25) is 14.5 Å². The van der Waals surface area contributed by atoms with E-state index >= 15 is 0 Å². The summed E-state index contributed by atoms with van der Waals surface area (Å²) in [6, 6.07) is 15.4. The third-order valence-corrected chi connectivity index (χ3v) is 6.11. The maximum atomic E-state index is 14.8. The van der Waals surface area contributed by atoms with Crippen LogP contribution in [0.3, 0.4) is 0 Å². The number of anilines is 1. The number of Topliss-reactive ketones (excluding diaryl/α,β-unsaturated/α-hetero) is 1. The van der Waals surface area contributed by atoms with Crippen LogP contribution in [0.4, 0.5) is 10.1 Å². The van der Waals surface area contributed by atoms with Gasteiger partial charge in [0.15, 0.2) is 0 Å². The van der Waals surface area contributed by atoms with E-state index in [9.17, 15) is 24.2 Å². The number of rotatable bonds is 3. The Morgan fingerprint density at radius 2 is 1.71 bits per heavy atom. The molecular weight excluding hydrogens is 465 g/mol. The highest BCUT2D eigenvalue weighted by molar-refractivity contribution is 9.10. The van der Waals surface area contributed by atoms with Crippen molar-refractivity contribution in [3.8, 4) is 5.75 Å². The Labute approximate surface area is 186 Å². The monoisotopic (exact) mass is 481 g/mol. The predicted octanol–water partition coefficient (Wildman–Crippen LogP) is 5.23. The number of carbonyl (C=O) groups excluding carboxylic acids is 2. The summed E-state index contributed by atoms with van der Waals surface area (Å²) in [6.07, 6.45) is 0. The molecule has 0 spiro atoms. The summed E-state index contributed by atoms with van der Waals surface area (Å²) < 4.78 is 15.6. The van der Waals surface area contributed by atoms with Crippen LogP contribution in [0.1, 0.15) is 22.7 Å². The number of nitrogens with zero attached hydrogens (tertiary/aromatic N) is 1. The van der Waals surface area contributed by atoms with Crippen LogP contribution < -0.4 is 4.90 Å². The molecule has 0 saturated carbocycles. The van der Waals surface area contributed by atoms with Gasteiger partial charge in [-0.15, -0.1) is 0 Å². The molecule has 7 heteroatoms. The van der Waals surface area contributed by atoms with Gasteiger partial charge in [0.05, 0.1) is 17.3 Å². The fourth-order valence-corrected chi connectivity index (χ4v) is 3.93. The maximum absolute atomic E-state index is 14.8. The highest BCUT2D eigenvalue weighted by Crippen LogP contribution is 2.45. The molecule has 1 amide bonds. The van der Waals surface area contributed by atoms with Crippen molar-refractivity contribution in [2.45, 2.75) is 13.0 Å². The van der Waals surface area contributed by atoms with Crippen molar-refractivity contribution in [2.24, 2.45) is 0 Å². The SMILES string of the molecule is Cc1cc(/C(O)=C2\C(=O)C(=O)N(c3ccccc3O)C2c2ccccc2F)ccc1Br. The molecule has 3 aromatic carbocycles. The zero-order valence-electron chi connectivity index (χ0n) is 16.3. The van der Waals surface area contributed by atoms with Gasteiger partial charge in [0.1, 0.15) is 17.3 Å². The van der Waals surface area contributed by atoms with Crippen molar-refractivity contribution >= 4 is 39.1 Å². The van der Waals surface area contributed by atoms with Crippen LogP contribution in [-0.2, 0) is 9.59 Å². The van der Waals surface area contributed by atoms with Gasteiger partial charge in [0.25, 0.3) is 11.7 Å². The van der Waals surface area contributed by atoms with Crippen LogP contribution in [0.15, 0.2) is 76.8 Å². The molecule has 0 bridgehead atoms. The van der Waals surface area contributed by atoms with E-state index in [0.717, 1.165) is 14.9 Å². The zero-order chi connectivity index (χ0) is 22.3. The number of phenolic OH excluding ortho intramolecular Hbond substituents is 1. The molecule has 0 radical (unpaired) electrons. The van der Waals surface area contributed by atoms with Gasteiger partial charge in [-0.05, 0) is 42.8 Å². The molecule has 1 saturated heterocycles. The number of halogens is 2. The van der Waals surface area contributed by atoms with Gasteiger partial charge < -0.3 is 10.2 Å². The van der Waals surface area contributed by atoms with Gasteiger partial charge in [-0.1, -0.05) is 52.3 Å². The van der Waals surface area contributed by atoms with E-state index in [-0.39, 0.29) is 22.6 Å². The molecule has 1 atom stereocenters. The lowest BCUT2D eigenvalue weighted by Gasteiger charge is -2.26. The number of aromatic hydroxyl groups is 1. The summed E-state index contributed by atoms with van der Waals surface area (Å²) in [6.45, 7) is 1.82. The quantitative estimate of drug-likeness (QED) is 0.305. The lowest BCUT2D eigenvalue weighted by atomic mass is 9.94. The molecule has 2 N–H and O–H groups in total. The zero-order valence-corrected chi connectivity index (χ0v) is 17.9. The average Bonchev–Trinajstić information content (AvgIpc) is 3.01. The second-order valence-electron chi connectivity index (χ2n) is 7.14. The predicted molar refractivity (Wildman–Crippen MR) is 118 cm³/mol. The summed E-state index contributed by atoms with van der Waals surface area (Å²) in [7, 11) is 0. The van der Waals surface area contributed by atoms with E-state index in [1.165, 1.54) is 30.3 Å². The first-order chi connectivity index (χ1) is 14.8. The Morgan fingerprint density at radius 1 is 1.03 bits per heavy atom. The van der Waals surface area contributed by atoms with Crippen molar-refractivity contribution < 1.29 is 24.2 Å². The molecule has 1 unspecified atom stereocenters. The number of hydrogen-bond acceptors (Lipinski definition) is 4. The topological polar surface area (TPSA) is 77.8 Å². The fourth-order valence-electron chi connectivity index (χ4n) is 3.69. The van der Waals surface area contributed by atoms with Gasteiger partial charge in [-0.25, -0.2) is 4.39 Å². The van der Waals surface area contributed by atoms with E-state index in [0.29, 0.717) is 5.56 Å². The Morgan fingerprint density at radius 3 is 2.39 bits per heavy atom. The van der Waals surface area contributed by atoms with E-state index in [2.05, 4.69) is 15.9 Å². The van der Waals surface area contributed by atoms with Crippen LogP contribution >= 0.6 is 15.9 Å². The van der Waals surface area contributed by atoms with Crippen LogP contribution in [0, 0.1) is 12.7 Å². The van der Waals surface area contributed by atoms with Gasteiger partial charge in [0, 0.05) is 15.6 Å². The van der Waals surface area contributed by atoms with Crippen molar-refractivity contribution in [3.63, 3.8) is 0 Å². The van der Waals surface area contributed by atoms with E-state index in [1.807, 2.05) is 6.92 Å². The Hall–Kier alpha value is -3.45. The second kappa shape index (κ2) is 8.00. The minimum atomic E-state index is -1.25. The summed E-state index contributed by atoms with van der Waals surface area (Å²) in [5, 5.41) is 21.4. The van der Waals surface area contributed by atoms with E-state index < -0.39 is 29.3 Å². The number of amides is 1. The molecule has 156 valence electrons. The molecule has 1 heterocycles. The van der Waals surface area contributed by atoms with Crippen LogP contribution in [0.25, 0.3) is 5.76 Å². The summed E-state index contributed by atoms with van der Waals surface area (Å²) in [5.41, 5.74) is 0.947.